The third-order valence-electron chi connectivity index (χ3n) is 5.14. The number of fused-ring (bicyclic) bond motifs is 1. The summed E-state index contributed by atoms with van der Waals surface area (Å²) in [5.74, 6) is -1.48. The number of alkyl halides is 3. The van der Waals surface area contributed by atoms with Crippen LogP contribution in [-0.2, 0) is 11.2 Å². The number of methoxy groups -OCH3 is 1. The Morgan fingerprint density at radius 1 is 1.38 bits per heavy atom. The molecular formula is C18H21F3N2O3. The summed E-state index contributed by atoms with van der Waals surface area (Å²) in [6.45, 7) is 1.84. The summed E-state index contributed by atoms with van der Waals surface area (Å²) >= 11 is 0. The summed E-state index contributed by atoms with van der Waals surface area (Å²) in [4.78, 5) is 12.6. The summed E-state index contributed by atoms with van der Waals surface area (Å²) in [5.41, 5.74) is -2.50. The summed E-state index contributed by atoms with van der Waals surface area (Å²) in [6.07, 6.45) is -4.07. The number of hydrogen-bond acceptors (Lipinski definition) is 4. The summed E-state index contributed by atoms with van der Waals surface area (Å²) in [5, 5.41) is 14.7. The van der Waals surface area contributed by atoms with Gasteiger partial charge in [-0.05, 0) is 42.9 Å². The number of carbonyl (C=O) groups is 1. The highest BCUT2D eigenvalue weighted by Gasteiger charge is 2.68. The van der Waals surface area contributed by atoms with Crippen LogP contribution >= 0.6 is 0 Å². The van der Waals surface area contributed by atoms with E-state index < -0.39 is 23.7 Å². The van der Waals surface area contributed by atoms with E-state index in [1.807, 2.05) is 6.92 Å². The van der Waals surface area contributed by atoms with E-state index in [2.05, 4.69) is 5.10 Å². The maximum absolute atomic E-state index is 13.8. The molecule has 1 amide bonds. The van der Waals surface area contributed by atoms with Gasteiger partial charge in [0.15, 0.2) is 0 Å². The molecule has 0 spiro atoms. The van der Waals surface area contributed by atoms with E-state index in [1.54, 1.807) is 24.3 Å². The van der Waals surface area contributed by atoms with Crippen LogP contribution in [0.15, 0.2) is 29.4 Å². The minimum atomic E-state index is -4.99. The minimum Gasteiger partial charge on any atom is -0.497 e. The lowest BCUT2D eigenvalue weighted by Gasteiger charge is -2.39. The van der Waals surface area contributed by atoms with Crippen molar-refractivity contribution in [3.63, 3.8) is 0 Å². The minimum absolute atomic E-state index is 0.0319. The second-order valence-corrected chi connectivity index (χ2v) is 6.98. The molecule has 1 heterocycles. The van der Waals surface area contributed by atoms with Crippen LogP contribution in [0.2, 0.25) is 0 Å². The SMILES string of the molecule is COc1ccc(CC(=O)N2N=C3CC[C@H](C)C[C@H]3[C@]2(O)C(F)(F)F)cc1. The van der Waals surface area contributed by atoms with Crippen LogP contribution in [0.5, 0.6) is 5.75 Å². The Kier molecular flexibility index (Phi) is 4.72. The largest absolute Gasteiger partial charge is 0.497 e. The van der Waals surface area contributed by atoms with Crippen LogP contribution < -0.4 is 4.74 Å². The first-order chi connectivity index (χ1) is 12.2. The molecule has 0 unspecified atom stereocenters. The van der Waals surface area contributed by atoms with Gasteiger partial charge in [0.1, 0.15) is 5.75 Å². The van der Waals surface area contributed by atoms with Gasteiger partial charge in [-0.1, -0.05) is 19.1 Å². The van der Waals surface area contributed by atoms with Gasteiger partial charge in [0.25, 0.3) is 5.72 Å². The van der Waals surface area contributed by atoms with Crippen molar-refractivity contribution in [2.45, 2.75) is 44.5 Å². The summed E-state index contributed by atoms with van der Waals surface area (Å²) in [6, 6.07) is 6.44. The van der Waals surface area contributed by atoms with Gasteiger partial charge in [0, 0.05) is 5.71 Å². The molecule has 2 aliphatic rings. The first-order valence-corrected chi connectivity index (χ1v) is 8.49. The standard InChI is InChI=1S/C18H21F3N2O3/c1-11-3-8-15-14(9-11)17(25,18(19,20)21)23(22-15)16(24)10-12-4-6-13(26-2)7-5-12/h4-7,11,14,25H,3,8-10H2,1-2H3/t11-,14+,17-/m0/s1. The predicted octanol–water partition coefficient (Wildman–Crippen LogP) is 3.12. The van der Waals surface area contributed by atoms with E-state index in [0.29, 0.717) is 24.2 Å². The van der Waals surface area contributed by atoms with E-state index in [1.165, 1.54) is 7.11 Å². The van der Waals surface area contributed by atoms with Crippen LogP contribution in [0.3, 0.4) is 0 Å². The summed E-state index contributed by atoms with van der Waals surface area (Å²) in [7, 11) is 1.49. The predicted molar refractivity (Wildman–Crippen MR) is 88.5 cm³/mol. The first kappa shape index (κ1) is 18.7. The van der Waals surface area contributed by atoms with Crippen molar-refractivity contribution < 1.29 is 27.8 Å². The van der Waals surface area contributed by atoms with Gasteiger partial charge >= 0.3 is 6.18 Å². The molecule has 1 fully saturated rings. The number of rotatable bonds is 3. The van der Waals surface area contributed by atoms with Crippen molar-refractivity contribution in [2.75, 3.05) is 7.11 Å². The first-order valence-electron chi connectivity index (χ1n) is 8.49. The lowest BCUT2D eigenvalue weighted by atomic mass is 9.76. The third kappa shape index (κ3) is 3.06. The maximum Gasteiger partial charge on any atom is 0.439 e. The number of amides is 1. The monoisotopic (exact) mass is 370 g/mol. The highest BCUT2D eigenvalue weighted by atomic mass is 19.4. The number of nitrogens with zero attached hydrogens (tertiary/aromatic N) is 2. The molecular weight excluding hydrogens is 349 g/mol. The van der Waals surface area contributed by atoms with Crippen LogP contribution in [0.4, 0.5) is 13.2 Å². The van der Waals surface area contributed by atoms with E-state index in [9.17, 15) is 23.1 Å². The molecule has 3 rings (SSSR count). The number of halogens is 3. The molecule has 3 atom stereocenters. The highest BCUT2D eigenvalue weighted by Crippen LogP contribution is 2.49. The van der Waals surface area contributed by atoms with E-state index in [-0.39, 0.29) is 29.5 Å². The zero-order valence-electron chi connectivity index (χ0n) is 14.6. The van der Waals surface area contributed by atoms with Crippen LogP contribution in [-0.4, -0.2) is 40.7 Å². The van der Waals surface area contributed by atoms with E-state index >= 15 is 0 Å². The zero-order valence-corrected chi connectivity index (χ0v) is 14.6. The normalized spacial score (nSPS) is 28.5. The average molecular weight is 370 g/mol. The molecule has 1 aromatic carbocycles. The van der Waals surface area contributed by atoms with Gasteiger partial charge < -0.3 is 9.84 Å². The van der Waals surface area contributed by atoms with E-state index in [0.717, 1.165) is 0 Å². The molecule has 0 aromatic heterocycles. The fourth-order valence-electron chi connectivity index (χ4n) is 3.65. The molecule has 5 nitrogen and oxygen atoms in total. The Labute approximate surface area is 149 Å². The summed E-state index contributed by atoms with van der Waals surface area (Å²) < 4.78 is 46.3. The molecule has 8 heteroatoms. The lowest BCUT2D eigenvalue weighted by Crippen LogP contribution is -2.62. The van der Waals surface area contributed by atoms with Gasteiger partial charge in [0.2, 0.25) is 5.91 Å². The molecule has 142 valence electrons. The maximum atomic E-state index is 13.8. The Morgan fingerprint density at radius 3 is 2.62 bits per heavy atom. The molecule has 1 aliphatic heterocycles. The highest BCUT2D eigenvalue weighted by molar-refractivity contribution is 5.93. The fraction of sp³-hybridized carbons (Fsp3) is 0.556. The topological polar surface area (TPSA) is 62.1 Å². The van der Waals surface area contributed by atoms with Crippen molar-refractivity contribution in [1.82, 2.24) is 5.01 Å². The number of hydrogen-bond donors (Lipinski definition) is 1. The Balaban J connectivity index is 1.88. The molecule has 0 saturated heterocycles. The third-order valence-corrected chi connectivity index (χ3v) is 5.14. The quantitative estimate of drug-likeness (QED) is 0.889. The van der Waals surface area contributed by atoms with Gasteiger partial charge in [-0.15, -0.1) is 0 Å². The van der Waals surface area contributed by atoms with Crippen molar-refractivity contribution in [2.24, 2.45) is 16.9 Å². The molecule has 1 aliphatic carbocycles. The van der Waals surface area contributed by atoms with Gasteiger partial charge in [-0.2, -0.15) is 23.3 Å². The second kappa shape index (κ2) is 6.57. The molecule has 1 aromatic rings. The van der Waals surface area contributed by atoms with Gasteiger partial charge in [-0.25, -0.2) is 0 Å². The fourth-order valence-corrected chi connectivity index (χ4v) is 3.65. The molecule has 1 N–H and O–H groups in total. The lowest BCUT2D eigenvalue weighted by molar-refractivity contribution is -0.317. The van der Waals surface area contributed by atoms with Crippen LogP contribution in [0, 0.1) is 11.8 Å². The Bertz CT molecular complexity index is 717. The molecule has 1 saturated carbocycles. The van der Waals surface area contributed by atoms with Crippen molar-refractivity contribution in [3.05, 3.63) is 29.8 Å². The van der Waals surface area contributed by atoms with Crippen molar-refractivity contribution in [1.29, 1.82) is 0 Å². The number of carbonyl (C=O) groups excluding carboxylic acids is 1. The smallest absolute Gasteiger partial charge is 0.439 e. The molecule has 26 heavy (non-hydrogen) atoms. The van der Waals surface area contributed by atoms with Gasteiger partial charge in [0.05, 0.1) is 19.4 Å². The van der Waals surface area contributed by atoms with Gasteiger partial charge in [-0.3, -0.25) is 4.79 Å². The van der Waals surface area contributed by atoms with Crippen LogP contribution in [0.1, 0.15) is 31.7 Å². The second-order valence-electron chi connectivity index (χ2n) is 6.98. The Hall–Kier alpha value is -2.09. The van der Waals surface area contributed by atoms with Crippen molar-refractivity contribution in [3.8, 4) is 5.75 Å². The molecule has 0 bridgehead atoms. The van der Waals surface area contributed by atoms with Crippen LogP contribution in [0.25, 0.3) is 0 Å². The Morgan fingerprint density at radius 2 is 2.04 bits per heavy atom. The number of aliphatic hydroxyl groups is 1. The van der Waals surface area contributed by atoms with E-state index in [4.69, 9.17) is 4.74 Å². The number of ether oxygens (including phenoxy) is 1. The zero-order chi connectivity index (χ0) is 19.1. The van der Waals surface area contributed by atoms with Crippen molar-refractivity contribution >= 4 is 11.6 Å². The number of hydrazone groups is 1. The number of benzene rings is 1. The molecule has 0 radical (unpaired) electrons. The average Bonchev–Trinajstić information content (AvgIpc) is 2.89.